The molecular weight excluding hydrogens is 472 g/mol. The number of pyridine rings is 1. The molecule has 0 aromatic carbocycles. The summed E-state index contributed by atoms with van der Waals surface area (Å²) < 4.78 is 6.65. The van der Waals surface area contributed by atoms with Crippen molar-refractivity contribution >= 4 is 40.8 Å². The average molecular weight is 499 g/mol. The molecule has 3 aromatic rings. The summed E-state index contributed by atoms with van der Waals surface area (Å²) in [6.45, 7) is 4.61. The van der Waals surface area contributed by atoms with Gasteiger partial charge in [0.25, 0.3) is 5.56 Å². The van der Waals surface area contributed by atoms with E-state index in [4.69, 9.17) is 9.84 Å². The second kappa shape index (κ2) is 10.4. The lowest BCUT2D eigenvalue weighted by atomic mass is 10.1. The highest BCUT2D eigenvalue weighted by atomic mass is 32.1. The highest BCUT2D eigenvalue weighted by molar-refractivity contribution is 7.09. The molecule has 11 heteroatoms. The van der Waals surface area contributed by atoms with E-state index in [2.05, 4.69) is 29.2 Å². The Bertz CT molecular complexity index is 1350. The van der Waals surface area contributed by atoms with Crippen LogP contribution in [-0.4, -0.2) is 62.3 Å². The fourth-order valence-corrected chi connectivity index (χ4v) is 4.83. The summed E-state index contributed by atoms with van der Waals surface area (Å²) in [7, 11) is 0. The van der Waals surface area contributed by atoms with Crippen LogP contribution in [0.3, 0.4) is 0 Å². The fourth-order valence-electron chi connectivity index (χ4n) is 3.88. The second-order valence-electron chi connectivity index (χ2n) is 8.53. The number of hydrogen-bond acceptors (Lipinski definition) is 8. The molecule has 35 heavy (non-hydrogen) atoms. The van der Waals surface area contributed by atoms with E-state index in [9.17, 15) is 19.5 Å². The largest absolute Gasteiger partial charge is 0.480 e. The molecule has 1 atom stereocenters. The van der Waals surface area contributed by atoms with Crippen molar-refractivity contribution in [1.29, 1.82) is 0 Å². The van der Waals surface area contributed by atoms with Gasteiger partial charge in [-0.15, -0.1) is 11.3 Å². The summed E-state index contributed by atoms with van der Waals surface area (Å²) in [4.78, 5) is 47.0. The minimum Gasteiger partial charge on any atom is -0.480 e. The van der Waals surface area contributed by atoms with Crippen molar-refractivity contribution in [2.24, 2.45) is 0 Å². The second-order valence-corrected chi connectivity index (χ2v) is 9.47. The maximum atomic E-state index is 13.3. The molecule has 1 aliphatic rings. The van der Waals surface area contributed by atoms with Crippen molar-refractivity contribution in [1.82, 2.24) is 14.4 Å². The summed E-state index contributed by atoms with van der Waals surface area (Å²) in [5.41, 5.74) is 1.91. The van der Waals surface area contributed by atoms with Gasteiger partial charge in [0.15, 0.2) is 6.04 Å². The number of fused-ring (bicyclic) bond motifs is 1. The summed E-state index contributed by atoms with van der Waals surface area (Å²) in [6, 6.07) is 2.58. The van der Waals surface area contributed by atoms with Gasteiger partial charge >= 0.3 is 11.9 Å². The molecule has 3 aromatic heterocycles. The molecule has 2 N–H and O–H groups in total. The van der Waals surface area contributed by atoms with E-state index in [1.807, 2.05) is 6.07 Å². The number of thiazole rings is 1. The van der Waals surface area contributed by atoms with Crippen molar-refractivity contribution < 1.29 is 24.5 Å². The zero-order chi connectivity index (χ0) is 25.1. The highest BCUT2D eigenvalue weighted by Crippen LogP contribution is 2.24. The zero-order valence-corrected chi connectivity index (χ0v) is 20.2. The summed E-state index contributed by atoms with van der Waals surface area (Å²) in [5, 5.41) is 21.9. The van der Waals surface area contributed by atoms with Crippen LogP contribution in [0.1, 0.15) is 41.6 Å². The van der Waals surface area contributed by atoms with Crippen LogP contribution in [0.4, 0.5) is 5.82 Å². The Balaban J connectivity index is 1.73. The Hall–Kier alpha value is -3.57. The minimum atomic E-state index is -1.23. The van der Waals surface area contributed by atoms with E-state index in [-0.39, 0.29) is 31.1 Å². The third-order valence-electron chi connectivity index (χ3n) is 5.78. The van der Waals surface area contributed by atoms with Gasteiger partial charge in [0.05, 0.1) is 29.5 Å². The van der Waals surface area contributed by atoms with Gasteiger partial charge in [-0.2, -0.15) is 0 Å². The quantitative estimate of drug-likeness (QED) is 0.449. The summed E-state index contributed by atoms with van der Waals surface area (Å²) in [6.07, 6.45) is 5.06. The van der Waals surface area contributed by atoms with E-state index in [1.54, 1.807) is 23.6 Å². The molecule has 0 saturated carbocycles. The minimum absolute atomic E-state index is 0.00907. The van der Waals surface area contributed by atoms with Crippen LogP contribution in [0.5, 0.6) is 0 Å². The van der Waals surface area contributed by atoms with Crippen LogP contribution in [0.2, 0.25) is 0 Å². The average Bonchev–Trinajstić information content (AvgIpc) is 3.31. The van der Waals surface area contributed by atoms with E-state index in [1.165, 1.54) is 9.30 Å². The van der Waals surface area contributed by atoms with Crippen molar-refractivity contribution in [3.05, 3.63) is 62.0 Å². The van der Waals surface area contributed by atoms with Gasteiger partial charge in [-0.05, 0) is 36.1 Å². The maximum absolute atomic E-state index is 13.3. The van der Waals surface area contributed by atoms with Gasteiger partial charge in [-0.3, -0.25) is 9.20 Å². The molecule has 1 unspecified atom stereocenters. The Morgan fingerprint density at radius 2 is 2.09 bits per heavy atom. The number of carbonyl (C=O) groups is 2. The number of morpholine rings is 1. The first-order valence-electron chi connectivity index (χ1n) is 11.2. The molecule has 1 fully saturated rings. The lowest BCUT2D eigenvalue weighted by molar-refractivity contribution is -0.141. The first kappa shape index (κ1) is 24.6. The van der Waals surface area contributed by atoms with Crippen LogP contribution in [0, 0.1) is 0 Å². The number of carboxylic acids is 2. The van der Waals surface area contributed by atoms with E-state index >= 15 is 0 Å². The molecule has 184 valence electrons. The van der Waals surface area contributed by atoms with Gasteiger partial charge in [-0.1, -0.05) is 13.8 Å². The topological polar surface area (TPSA) is 134 Å². The van der Waals surface area contributed by atoms with Crippen LogP contribution in [0.15, 0.2) is 34.6 Å². The number of anilines is 1. The van der Waals surface area contributed by atoms with Crippen molar-refractivity contribution in [2.75, 3.05) is 24.7 Å². The number of hydrogen-bond donors (Lipinski definition) is 2. The number of aromatic nitrogens is 3. The maximum Gasteiger partial charge on any atom is 0.328 e. The first-order chi connectivity index (χ1) is 16.7. The van der Waals surface area contributed by atoms with E-state index in [0.717, 1.165) is 34.8 Å². The molecule has 4 rings (SSSR count). The molecule has 0 amide bonds. The van der Waals surface area contributed by atoms with E-state index < -0.39 is 23.5 Å². The molecule has 0 spiro atoms. The predicted molar refractivity (Wildman–Crippen MR) is 131 cm³/mol. The molecule has 1 saturated heterocycles. The standard InChI is InChI=1S/C24H26N4O6S/c1-14(2)17-13-35-20(25-17)5-3-15-7-8-28-19(11-15)26-22(16(23(28)31)4-6-21(29)30)27-9-10-34-12-18(27)24(32)33/h4,6-8,11,13-14,18H,3,5,9-10,12H2,1-2H3,(H,29,30)(H,32,33)/b6-4+. The number of rotatable bonds is 8. The Morgan fingerprint density at radius 1 is 1.29 bits per heavy atom. The molecule has 0 radical (unpaired) electrons. The van der Waals surface area contributed by atoms with Gasteiger partial charge in [-0.25, -0.2) is 19.6 Å². The van der Waals surface area contributed by atoms with Gasteiger partial charge in [0.1, 0.15) is 11.5 Å². The molecule has 0 bridgehead atoms. The van der Waals surface area contributed by atoms with Gasteiger partial charge in [0, 0.05) is 30.6 Å². The van der Waals surface area contributed by atoms with Crippen molar-refractivity contribution in [3.8, 4) is 0 Å². The molecule has 4 heterocycles. The number of aryl methyl sites for hydroxylation is 2. The summed E-state index contributed by atoms with van der Waals surface area (Å²) in [5.74, 6) is -1.84. The van der Waals surface area contributed by atoms with Crippen LogP contribution >= 0.6 is 11.3 Å². The SMILES string of the molecule is CC(C)c1csc(CCc2ccn3c(=O)c(/C=C/C(=O)O)c(N4CCOCC4C(=O)O)nc3c2)n1. The Kier molecular flexibility index (Phi) is 7.27. The number of aliphatic carboxylic acids is 2. The molecule has 10 nitrogen and oxygen atoms in total. The monoisotopic (exact) mass is 498 g/mol. The fraction of sp³-hybridized carbons (Fsp3) is 0.375. The van der Waals surface area contributed by atoms with E-state index in [0.29, 0.717) is 18.0 Å². The lowest BCUT2D eigenvalue weighted by Gasteiger charge is -2.34. The highest BCUT2D eigenvalue weighted by Gasteiger charge is 2.32. The Labute approximate surface area is 205 Å². The molecule has 0 aliphatic carbocycles. The van der Waals surface area contributed by atoms with Crippen LogP contribution in [0.25, 0.3) is 11.7 Å². The van der Waals surface area contributed by atoms with Crippen molar-refractivity contribution in [2.45, 2.75) is 38.6 Å². The van der Waals surface area contributed by atoms with Gasteiger partial charge in [0.2, 0.25) is 0 Å². The lowest BCUT2D eigenvalue weighted by Crippen LogP contribution is -2.51. The predicted octanol–water partition coefficient (Wildman–Crippen LogP) is 2.45. The Morgan fingerprint density at radius 3 is 2.77 bits per heavy atom. The normalized spacial score (nSPS) is 16.4. The first-order valence-corrected chi connectivity index (χ1v) is 12.1. The smallest absolute Gasteiger partial charge is 0.328 e. The zero-order valence-electron chi connectivity index (χ0n) is 19.4. The third-order valence-corrected chi connectivity index (χ3v) is 6.70. The van der Waals surface area contributed by atoms with Crippen LogP contribution < -0.4 is 10.5 Å². The number of nitrogens with zero attached hydrogens (tertiary/aromatic N) is 4. The summed E-state index contributed by atoms with van der Waals surface area (Å²) >= 11 is 1.63. The number of ether oxygens (including phenoxy) is 1. The van der Waals surface area contributed by atoms with Gasteiger partial charge < -0.3 is 19.8 Å². The van der Waals surface area contributed by atoms with Crippen LogP contribution in [-0.2, 0) is 27.2 Å². The molecular formula is C24H26N4O6S. The third kappa shape index (κ3) is 5.41. The number of carboxylic acid groups (broad SMARTS) is 2. The van der Waals surface area contributed by atoms with Crippen molar-refractivity contribution in [3.63, 3.8) is 0 Å². The molecule has 1 aliphatic heterocycles.